The molecule has 1 unspecified atom stereocenters. The Kier molecular flexibility index (Phi) is 6.31. The first-order valence-corrected chi connectivity index (χ1v) is 10.3. The second-order valence-electron chi connectivity index (χ2n) is 7.62. The molecule has 1 saturated heterocycles. The molecule has 1 aliphatic rings. The molecule has 9 heteroatoms. The summed E-state index contributed by atoms with van der Waals surface area (Å²) in [5.74, 6) is -1.55. The van der Waals surface area contributed by atoms with Gasteiger partial charge in [0.2, 0.25) is 0 Å². The van der Waals surface area contributed by atoms with E-state index in [9.17, 15) is 13.6 Å². The van der Waals surface area contributed by atoms with Crippen molar-refractivity contribution >= 4 is 11.5 Å². The molecule has 0 amide bonds. The Hall–Kier alpha value is -3.20. The third-order valence-electron chi connectivity index (χ3n) is 5.65. The number of carbonyl (C=O) groups is 1. The standard InChI is InChI=1S/C22H24F2N6O/c1-16(22(31)19-8-7-17(23)15-20(19)24)30-21(25-26-27-30)9-10-28-11-13-29(14-12-28)18-5-3-2-4-6-18/h2-8,15-16H,9-14H2,1H3. The zero-order valence-electron chi connectivity index (χ0n) is 17.3. The molecule has 1 fully saturated rings. The van der Waals surface area contributed by atoms with Gasteiger partial charge in [0.1, 0.15) is 17.7 Å². The van der Waals surface area contributed by atoms with Crippen molar-refractivity contribution in [3.05, 3.63) is 71.6 Å². The minimum Gasteiger partial charge on any atom is -0.369 e. The van der Waals surface area contributed by atoms with Gasteiger partial charge >= 0.3 is 0 Å². The van der Waals surface area contributed by atoms with E-state index >= 15 is 0 Å². The fraction of sp³-hybridized carbons (Fsp3) is 0.364. The summed E-state index contributed by atoms with van der Waals surface area (Å²) in [6, 6.07) is 12.5. The lowest BCUT2D eigenvalue weighted by molar-refractivity contribution is 0.0920. The molecule has 0 N–H and O–H groups in total. The van der Waals surface area contributed by atoms with Crippen LogP contribution in [-0.2, 0) is 6.42 Å². The molecule has 1 atom stereocenters. The van der Waals surface area contributed by atoms with E-state index in [0.717, 1.165) is 44.9 Å². The molecule has 4 rings (SSSR count). The molecule has 0 spiro atoms. The maximum atomic E-state index is 14.0. The summed E-state index contributed by atoms with van der Waals surface area (Å²) >= 11 is 0. The van der Waals surface area contributed by atoms with Crippen molar-refractivity contribution in [2.75, 3.05) is 37.6 Å². The van der Waals surface area contributed by atoms with E-state index in [1.54, 1.807) is 6.92 Å². The Balaban J connectivity index is 1.35. The minimum absolute atomic E-state index is 0.174. The number of anilines is 1. The fourth-order valence-corrected chi connectivity index (χ4v) is 3.83. The van der Waals surface area contributed by atoms with Gasteiger partial charge < -0.3 is 4.90 Å². The van der Waals surface area contributed by atoms with E-state index in [4.69, 9.17) is 0 Å². The Morgan fingerprint density at radius 2 is 1.81 bits per heavy atom. The van der Waals surface area contributed by atoms with Crippen LogP contribution in [-0.4, -0.2) is 63.6 Å². The van der Waals surface area contributed by atoms with Gasteiger partial charge in [0.15, 0.2) is 11.6 Å². The summed E-state index contributed by atoms with van der Waals surface area (Å²) in [5.41, 5.74) is 1.05. The molecule has 0 aliphatic carbocycles. The second-order valence-corrected chi connectivity index (χ2v) is 7.62. The summed E-state index contributed by atoms with van der Waals surface area (Å²) in [4.78, 5) is 17.4. The normalized spacial score (nSPS) is 15.8. The van der Waals surface area contributed by atoms with Gasteiger partial charge in [0.25, 0.3) is 0 Å². The number of halogens is 2. The maximum Gasteiger partial charge on any atom is 0.190 e. The number of benzene rings is 2. The summed E-state index contributed by atoms with van der Waals surface area (Å²) in [6.07, 6.45) is 0.571. The molecule has 2 heterocycles. The van der Waals surface area contributed by atoms with E-state index in [0.29, 0.717) is 18.3 Å². The number of Topliss-reactive ketones (excluding diaryl/α,β-unsaturated/α-hetero) is 1. The van der Waals surface area contributed by atoms with Gasteiger partial charge in [-0.2, -0.15) is 0 Å². The van der Waals surface area contributed by atoms with Crippen molar-refractivity contribution in [3.63, 3.8) is 0 Å². The molecule has 31 heavy (non-hydrogen) atoms. The lowest BCUT2D eigenvalue weighted by Gasteiger charge is -2.36. The highest BCUT2D eigenvalue weighted by Crippen LogP contribution is 2.19. The number of piperazine rings is 1. The van der Waals surface area contributed by atoms with Gasteiger partial charge in [-0.3, -0.25) is 9.69 Å². The number of para-hydroxylation sites is 1. The first kappa shape index (κ1) is 21.0. The van der Waals surface area contributed by atoms with Crippen LogP contribution >= 0.6 is 0 Å². The summed E-state index contributed by atoms with van der Waals surface area (Å²) in [7, 11) is 0. The highest BCUT2D eigenvalue weighted by atomic mass is 19.1. The zero-order chi connectivity index (χ0) is 21.8. The van der Waals surface area contributed by atoms with Crippen molar-refractivity contribution < 1.29 is 13.6 Å². The van der Waals surface area contributed by atoms with Gasteiger partial charge in [-0.25, -0.2) is 13.5 Å². The van der Waals surface area contributed by atoms with E-state index in [1.165, 1.54) is 10.4 Å². The molecule has 1 aromatic heterocycles. The molecule has 2 aromatic carbocycles. The Bertz CT molecular complexity index is 1030. The van der Waals surface area contributed by atoms with Crippen LogP contribution in [0.4, 0.5) is 14.5 Å². The largest absolute Gasteiger partial charge is 0.369 e. The van der Waals surface area contributed by atoms with Crippen molar-refractivity contribution in [1.29, 1.82) is 0 Å². The molecular formula is C22H24F2N6O. The van der Waals surface area contributed by atoms with E-state index in [1.807, 2.05) is 18.2 Å². The molecule has 0 bridgehead atoms. The Labute approximate surface area is 179 Å². The third kappa shape index (κ3) is 4.77. The van der Waals surface area contributed by atoms with Gasteiger partial charge in [-0.05, 0) is 41.6 Å². The van der Waals surface area contributed by atoms with Crippen LogP contribution in [0.3, 0.4) is 0 Å². The molecule has 0 radical (unpaired) electrons. The Morgan fingerprint density at radius 3 is 2.52 bits per heavy atom. The number of hydrogen-bond acceptors (Lipinski definition) is 6. The number of carbonyl (C=O) groups excluding carboxylic acids is 1. The maximum absolute atomic E-state index is 14.0. The van der Waals surface area contributed by atoms with Crippen molar-refractivity contribution in [3.8, 4) is 0 Å². The summed E-state index contributed by atoms with van der Waals surface area (Å²) in [5, 5.41) is 11.7. The second kappa shape index (κ2) is 9.30. The Morgan fingerprint density at radius 1 is 1.06 bits per heavy atom. The predicted molar refractivity (Wildman–Crippen MR) is 112 cm³/mol. The first-order valence-electron chi connectivity index (χ1n) is 10.3. The van der Waals surface area contributed by atoms with Crippen LogP contribution < -0.4 is 4.90 Å². The van der Waals surface area contributed by atoms with Gasteiger partial charge in [0.05, 0.1) is 5.56 Å². The average Bonchev–Trinajstić information content (AvgIpc) is 3.26. The monoisotopic (exact) mass is 426 g/mol. The van der Waals surface area contributed by atoms with Gasteiger partial charge in [0, 0.05) is 50.9 Å². The van der Waals surface area contributed by atoms with E-state index < -0.39 is 23.5 Å². The van der Waals surface area contributed by atoms with E-state index in [2.05, 4.69) is 37.5 Å². The molecule has 1 aliphatic heterocycles. The number of nitrogens with zero attached hydrogens (tertiary/aromatic N) is 6. The van der Waals surface area contributed by atoms with E-state index in [-0.39, 0.29) is 5.56 Å². The molecule has 7 nitrogen and oxygen atoms in total. The van der Waals surface area contributed by atoms with Gasteiger partial charge in [-0.15, -0.1) is 5.10 Å². The van der Waals surface area contributed by atoms with Crippen molar-refractivity contribution in [2.45, 2.75) is 19.4 Å². The van der Waals surface area contributed by atoms with Crippen LogP contribution in [0.1, 0.15) is 29.1 Å². The van der Waals surface area contributed by atoms with Crippen LogP contribution in [0.5, 0.6) is 0 Å². The number of aromatic nitrogens is 4. The van der Waals surface area contributed by atoms with Crippen LogP contribution in [0.2, 0.25) is 0 Å². The van der Waals surface area contributed by atoms with Crippen LogP contribution in [0.15, 0.2) is 48.5 Å². The van der Waals surface area contributed by atoms with Gasteiger partial charge in [-0.1, -0.05) is 18.2 Å². The fourth-order valence-electron chi connectivity index (χ4n) is 3.83. The number of tetrazole rings is 1. The molecule has 0 saturated carbocycles. The lowest BCUT2D eigenvalue weighted by Crippen LogP contribution is -2.47. The summed E-state index contributed by atoms with van der Waals surface area (Å²) in [6.45, 7) is 6.09. The smallest absolute Gasteiger partial charge is 0.190 e. The highest BCUT2D eigenvalue weighted by molar-refractivity contribution is 5.98. The number of ketones is 1. The van der Waals surface area contributed by atoms with Crippen LogP contribution in [0.25, 0.3) is 0 Å². The number of rotatable bonds is 7. The van der Waals surface area contributed by atoms with Crippen molar-refractivity contribution in [2.24, 2.45) is 0 Å². The highest BCUT2D eigenvalue weighted by Gasteiger charge is 2.25. The lowest BCUT2D eigenvalue weighted by atomic mass is 10.0. The third-order valence-corrected chi connectivity index (χ3v) is 5.65. The molecule has 3 aromatic rings. The zero-order valence-corrected chi connectivity index (χ0v) is 17.3. The quantitative estimate of drug-likeness (QED) is 0.542. The first-order chi connectivity index (χ1) is 15.0. The molecule has 162 valence electrons. The van der Waals surface area contributed by atoms with Crippen molar-refractivity contribution in [1.82, 2.24) is 25.1 Å². The number of hydrogen-bond donors (Lipinski definition) is 0. The van der Waals surface area contributed by atoms with Crippen LogP contribution in [0, 0.1) is 11.6 Å². The predicted octanol–water partition coefficient (Wildman–Crippen LogP) is 2.76. The minimum atomic E-state index is -0.886. The topological polar surface area (TPSA) is 67.2 Å². The SMILES string of the molecule is CC(C(=O)c1ccc(F)cc1F)n1nnnc1CCN1CCN(c2ccccc2)CC1. The molecular weight excluding hydrogens is 402 g/mol. The average molecular weight is 426 g/mol. The summed E-state index contributed by atoms with van der Waals surface area (Å²) < 4.78 is 28.6.